The minimum Gasteiger partial charge on any atom is -0.501 e. The normalized spacial score (nSPS) is 11.4. The molecule has 0 unspecified atom stereocenters. The molecular formula is C20H17F2N3O5S. The Balaban J connectivity index is 2.07. The largest absolute Gasteiger partial charge is 0.501 e. The topological polar surface area (TPSA) is 118 Å². The van der Waals surface area contributed by atoms with E-state index in [1.54, 1.807) is 0 Å². The quantitative estimate of drug-likeness (QED) is 0.613. The zero-order valence-electron chi connectivity index (χ0n) is 16.4. The summed E-state index contributed by atoms with van der Waals surface area (Å²) in [5, 5.41) is 12.6. The molecule has 0 aliphatic heterocycles. The van der Waals surface area contributed by atoms with Gasteiger partial charge in [0, 0.05) is 25.4 Å². The van der Waals surface area contributed by atoms with Gasteiger partial charge in [-0.05, 0) is 35.9 Å². The molecule has 0 atom stereocenters. The maximum Gasteiger partial charge on any atom is 0.296 e. The molecule has 0 spiro atoms. The number of amides is 1. The molecule has 0 radical (unpaired) electrons. The Morgan fingerprint density at radius 2 is 1.74 bits per heavy atom. The van der Waals surface area contributed by atoms with E-state index in [1.807, 2.05) is 0 Å². The van der Waals surface area contributed by atoms with Crippen molar-refractivity contribution in [1.82, 2.24) is 14.9 Å². The number of hydrogen-bond acceptors (Lipinski definition) is 6. The summed E-state index contributed by atoms with van der Waals surface area (Å²) in [4.78, 5) is 28.6. The monoisotopic (exact) mass is 449 g/mol. The van der Waals surface area contributed by atoms with Crippen LogP contribution in [-0.4, -0.2) is 35.2 Å². The van der Waals surface area contributed by atoms with Crippen molar-refractivity contribution in [3.8, 4) is 17.1 Å². The van der Waals surface area contributed by atoms with Crippen molar-refractivity contribution in [2.24, 2.45) is 7.05 Å². The van der Waals surface area contributed by atoms with Gasteiger partial charge in [0.05, 0.1) is 4.90 Å². The highest BCUT2D eigenvalue weighted by Gasteiger charge is 2.24. The maximum absolute atomic E-state index is 13.7. The van der Waals surface area contributed by atoms with Crippen molar-refractivity contribution in [1.29, 1.82) is 0 Å². The van der Waals surface area contributed by atoms with E-state index >= 15 is 0 Å². The predicted octanol–water partition coefficient (Wildman–Crippen LogP) is 1.76. The minimum atomic E-state index is -3.92. The van der Waals surface area contributed by atoms with E-state index in [9.17, 15) is 31.9 Å². The van der Waals surface area contributed by atoms with E-state index in [0.29, 0.717) is 5.56 Å². The third kappa shape index (κ3) is 4.61. The second-order valence-corrected chi connectivity index (χ2v) is 8.70. The van der Waals surface area contributed by atoms with Crippen LogP contribution in [0.5, 0.6) is 5.75 Å². The first-order chi connectivity index (χ1) is 14.5. The molecule has 1 heterocycles. The van der Waals surface area contributed by atoms with Crippen LogP contribution in [0.1, 0.15) is 16.1 Å². The molecule has 0 bridgehead atoms. The molecule has 0 saturated heterocycles. The zero-order chi connectivity index (χ0) is 22.9. The molecule has 11 heteroatoms. The van der Waals surface area contributed by atoms with Crippen molar-refractivity contribution < 1.29 is 27.1 Å². The molecule has 2 aromatic carbocycles. The number of rotatable bonds is 5. The minimum absolute atomic E-state index is 0.0457. The molecular weight excluding hydrogens is 432 g/mol. The highest BCUT2D eigenvalue weighted by Crippen LogP contribution is 2.27. The Hall–Kier alpha value is -3.60. The first-order valence-electron chi connectivity index (χ1n) is 8.81. The number of aromatic hydroxyl groups is 1. The molecule has 1 amide bonds. The van der Waals surface area contributed by atoms with Crippen LogP contribution in [0.15, 0.2) is 52.2 Å². The summed E-state index contributed by atoms with van der Waals surface area (Å²) in [5.41, 5.74) is -1.20. The molecule has 162 valence electrons. The highest BCUT2D eigenvalue weighted by molar-refractivity contribution is 7.90. The lowest BCUT2D eigenvalue weighted by Crippen LogP contribution is -2.29. The number of carbonyl (C=O) groups excluding carboxylic acids is 1. The van der Waals surface area contributed by atoms with Gasteiger partial charge in [-0.1, -0.05) is 12.1 Å². The second-order valence-electron chi connectivity index (χ2n) is 6.72. The Kier molecular flexibility index (Phi) is 5.89. The lowest BCUT2D eigenvalue weighted by molar-refractivity contribution is 0.0942. The van der Waals surface area contributed by atoms with E-state index in [-0.39, 0.29) is 17.9 Å². The summed E-state index contributed by atoms with van der Waals surface area (Å²) in [7, 11) is -2.69. The van der Waals surface area contributed by atoms with Crippen LogP contribution in [-0.2, 0) is 23.4 Å². The molecule has 0 saturated carbocycles. The molecule has 3 rings (SSSR count). The fourth-order valence-corrected chi connectivity index (χ4v) is 3.73. The molecule has 3 aromatic rings. The van der Waals surface area contributed by atoms with Crippen LogP contribution < -0.4 is 10.9 Å². The number of aromatic nitrogens is 2. The van der Waals surface area contributed by atoms with Gasteiger partial charge < -0.3 is 10.4 Å². The number of nitrogens with one attached hydrogen (secondary N) is 1. The van der Waals surface area contributed by atoms with Gasteiger partial charge in [-0.15, -0.1) is 0 Å². The van der Waals surface area contributed by atoms with Gasteiger partial charge >= 0.3 is 0 Å². The third-order valence-electron chi connectivity index (χ3n) is 4.43. The first-order valence-corrected chi connectivity index (χ1v) is 10.7. The van der Waals surface area contributed by atoms with Crippen molar-refractivity contribution >= 4 is 15.7 Å². The van der Waals surface area contributed by atoms with Crippen LogP contribution in [0.3, 0.4) is 0 Å². The predicted molar refractivity (Wildman–Crippen MR) is 107 cm³/mol. The number of sulfone groups is 1. The molecule has 2 N–H and O–H groups in total. The number of halogens is 2. The Labute approximate surface area is 175 Å². The van der Waals surface area contributed by atoms with E-state index in [2.05, 4.69) is 10.3 Å². The smallest absolute Gasteiger partial charge is 0.296 e. The molecule has 0 fully saturated rings. The molecule has 1 aromatic heterocycles. The second kappa shape index (κ2) is 8.26. The van der Waals surface area contributed by atoms with Crippen LogP contribution in [0, 0.1) is 11.6 Å². The van der Waals surface area contributed by atoms with E-state index < -0.39 is 49.3 Å². The van der Waals surface area contributed by atoms with Crippen molar-refractivity contribution in [2.75, 3.05) is 6.26 Å². The van der Waals surface area contributed by atoms with E-state index in [1.165, 1.54) is 31.3 Å². The molecule has 0 aliphatic rings. The van der Waals surface area contributed by atoms with Crippen molar-refractivity contribution in [3.63, 3.8) is 0 Å². The number of nitrogens with zero attached hydrogens (tertiary/aromatic N) is 2. The number of hydrogen-bond donors (Lipinski definition) is 2. The summed E-state index contributed by atoms with van der Waals surface area (Å²) in [6.45, 7) is -0.0457. The number of carbonyl (C=O) groups is 1. The zero-order valence-corrected chi connectivity index (χ0v) is 17.2. The van der Waals surface area contributed by atoms with Gasteiger partial charge in [0.1, 0.15) is 17.5 Å². The van der Waals surface area contributed by atoms with Crippen molar-refractivity contribution in [2.45, 2.75) is 11.4 Å². The third-order valence-corrected chi connectivity index (χ3v) is 5.57. The van der Waals surface area contributed by atoms with Gasteiger partial charge in [0.15, 0.2) is 15.5 Å². The summed E-state index contributed by atoms with van der Waals surface area (Å²) < 4.78 is 51.7. The fraction of sp³-hybridized carbons (Fsp3) is 0.150. The summed E-state index contributed by atoms with van der Waals surface area (Å²) >= 11 is 0. The van der Waals surface area contributed by atoms with Crippen LogP contribution in [0.25, 0.3) is 11.4 Å². The van der Waals surface area contributed by atoms with Crippen LogP contribution in [0.4, 0.5) is 8.78 Å². The van der Waals surface area contributed by atoms with Crippen LogP contribution >= 0.6 is 0 Å². The van der Waals surface area contributed by atoms with Gasteiger partial charge in [0.25, 0.3) is 11.5 Å². The Bertz CT molecular complexity index is 1340. The maximum atomic E-state index is 13.7. The lowest BCUT2D eigenvalue weighted by Gasteiger charge is -2.14. The van der Waals surface area contributed by atoms with Gasteiger partial charge in [-0.2, -0.15) is 0 Å². The van der Waals surface area contributed by atoms with E-state index in [4.69, 9.17) is 0 Å². The number of benzene rings is 2. The highest BCUT2D eigenvalue weighted by atomic mass is 32.2. The Morgan fingerprint density at radius 1 is 1.13 bits per heavy atom. The molecule has 8 nitrogen and oxygen atoms in total. The lowest BCUT2D eigenvalue weighted by atomic mass is 10.2. The average Bonchev–Trinajstić information content (AvgIpc) is 2.71. The van der Waals surface area contributed by atoms with Gasteiger partial charge in [-0.3, -0.25) is 14.2 Å². The van der Waals surface area contributed by atoms with Gasteiger partial charge in [0.2, 0.25) is 5.75 Å². The fourth-order valence-electron chi connectivity index (χ4n) is 2.85. The van der Waals surface area contributed by atoms with E-state index in [0.717, 1.165) is 29.0 Å². The molecule has 31 heavy (non-hydrogen) atoms. The van der Waals surface area contributed by atoms with Crippen LogP contribution in [0.2, 0.25) is 0 Å². The SMILES string of the molecule is Cn1c(-c2ccc(F)cc2S(C)(=O)=O)nc(C(=O)NCc2ccc(F)cc2)c(O)c1=O. The van der Waals surface area contributed by atoms with Crippen molar-refractivity contribution in [3.05, 3.63) is 75.7 Å². The first kappa shape index (κ1) is 22.1. The molecule has 0 aliphatic carbocycles. The summed E-state index contributed by atoms with van der Waals surface area (Å²) in [6, 6.07) is 8.16. The van der Waals surface area contributed by atoms with Gasteiger partial charge in [-0.25, -0.2) is 22.2 Å². The summed E-state index contributed by atoms with van der Waals surface area (Å²) in [5.74, 6) is -3.37. The summed E-state index contributed by atoms with van der Waals surface area (Å²) in [6.07, 6.45) is 0.861. The average molecular weight is 449 g/mol. The Morgan fingerprint density at radius 3 is 2.35 bits per heavy atom. The standard InChI is InChI=1S/C20H17F2N3O5S/c1-25-18(14-8-7-13(22)9-15(14)31(2,29)30)24-16(17(26)20(25)28)19(27)23-10-11-3-5-12(21)6-4-11/h3-9,26H,10H2,1-2H3,(H,23,27).